The van der Waals surface area contributed by atoms with Crippen LogP contribution in [0.5, 0.6) is 0 Å². The molecule has 0 saturated heterocycles. The molecule has 0 nitrogen and oxygen atoms in total. The van der Waals surface area contributed by atoms with Gasteiger partial charge in [-0.15, -0.1) is 11.6 Å². The average Bonchev–Trinajstić information content (AvgIpc) is 2.42. The van der Waals surface area contributed by atoms with Crippen molar-refractivity contribution < 1.29 is 4.39 Å². The van der Waals surface area contributed by atoms with Crippen molar-refractivity contribution in [2.24, 2.45) is 0 Å². The monoisotopic (exact) mass is 390 g/mol. The van der Waals surface area contributed by atoms with Gasteiger partial charge in [0, 0.05) is 11.4 Å². The van der Waals surface area contributed by atoms with E-state index < -0.39 is 5.82 Å². The number of hydrogen-bond acceptors (Lipinski definition) is 0. The molecule has 0 aliphatic heterocycles. The van der Waals surface area contributed by atoms with Gasteiger partial charge in [0.15, 0.2) is 0 Å². The summed E-state index contributed by atoms with van der Waals surface area (Å²) >= 11 is 35.9. The Morgan fingerprint density at radius 3 is 1.75 bits per heavy atom. The summed E-state index contributed by atoms with van der Waals surface area (Å²) in [6, 6.07) is 4.24. The van der Waals surface area contributed by atoms with E-state index in [-0.39, 0.29) is 31.0 Å². The van der Waals surface area contributed by atoms with Crippen LogP contribution in [0.25, 0.3) is 11.1 Å². The lowest BCUT2D eigenvalue weighted by Crippen LogP contribution is -1.90. The highest BCUT2D eigenvalue weighted by molar-refractivity contribution is 6.56. The number of rotatable bonds is 2. The quantitative estimate of drug-likeness (QED) is 0.282. The third-order valence-electron chi connectivity index (χ3n) is 2.61. The summed E-state index contributed by atoms with van der Waals surface area (Å²) in [7, 11) is 0. The molecule has 0 spiro atoms. The van der Waals surface area contributed by atoms with Crippen molar-refractivity contribution >= 4 is 69.6 Å². The number of alkyl halides is 1. The molecule has 0 amide bonds. The van der Waals surface area contributed by atoms with Crippen molar-refractivity contribution in [3.63, 3.8) is 0 Å². The summed E-state index contributed by atoms with van der Waals surface area (Å²) in [4.78, 5) is 0. The molecule has 20 heavy (non-hydrogen) atoms. The predicted molar refractivity (Wildman–Crippen MR) is 86.4 cm³/mol. The van der Waals surface area contributed by atoms with Crippen LogP contribution in [-0.2, 0) is 5.88 Å². The summed E-state index contributed by atoms with van der Waals surface area (Å²) in [5.74, 6) is -0.317. The van der Waals surface area contributed by atoms with Crippen LogP contribution in [0.1, 0.15) is 5.56 Å². The highest BCUT2D eigenvalue weighted by atomic mass is 35.5. The molecule has 0 bridgehead atoms. The zero-order valence-electron chi connectivity index (χ0n) is 9.58. The molecule has 0 unspecified atom stereocenters. The topological polar surface area (TPSA) is 0 Å². The fourth-order valence-corrected chi connectivity index (χ4v) is 3.24. The maximum Gasteiger partial charge on any atom is 0.124 e. The first-order valence-electron chi connectivity index (χ1n) is 5.24. The number of hydrogen-bond donors (Lipinski definition) is 0. The van der Waals surface area contributed by atoms with Gasteiger partial charge in [-0.1, -0.05) is 58.0 Å². The van der Waals surface area contributed by atoms with Gasteiger partial charge in [0.1, 0.15) is 5.82 Å². The van der Waals surface area contributed by atoms with Crippen LogP contribution in [0, 0.1) is 5.82 Å². The first-order valence-corrected chi connectivity index (χ1v) is 7.66. The first-order chi connectivity index (χ1) is 9.36. The maximum absolute atomic E-state index is 13.6. The lowest BCUT2D eigenvalue weighted by molar-refractivity contribution is 0.627. The van der Waals surface area contributed by atoms with Crippen molar-refractivity contribution in [3.8, 4) is 11.1 Å². The molecular formula is C13H5Cl6F. The average molecular weight is 393 g/mol. The predicted octanol–water partition coefficient (Wildman–Crippen LogP) is 7.50. The van der Waals surface area contributed by atoms with E-state index >= 15 is 0 Å². The van der Waals surface area contributed by atoms with Gasteiger partial charge in [-0.3, -0.25) is 0 Å². The van der Waals surface area contributed by atoms with Gasteiger partial charge in [0.05, 0.1) is 25.1 Å². The fourth-order valence-electron chi connectivity index (χ4n) is 1.73. The lowest BCUT2D eigenvalue weighted by atomic mass is 10.0. The van der Waals surface area contributed by atoms with Gasteiger partial charge in [0.2, 0.25) is 0 Å². The van der Waals surface area contributed by atoms with Crippen LogP contribution in [0.3, 0.4) is 0 Å². The van der Waals surface area contributed by atoms with Crippen molar-refractivity contribution in [2.45, 2.75) is 5.88 Å². The molecule has 2 rings (SSSR count). The highest BCUT2D eigenvalue weighted by Gasteiger charge is 2.21. The largest absolute Gasteiger partial charge is 0.207 e. The molecule has 0 aliphatic rings. The summed E-state index contributed by atoms with van der Waals surface area (Å²) in [5, 5.41) is 0.402. The van der Waals surface area contributed by atoms with E-state index in [2.05, 4.69) is 0 Å². The third kappa shape index (κ3) is 2.99. The minimum absolute atomic E-state index is 0.0565. The van der Waals surface area contributed by atoms with E-state index in [0.29, 0.717) is 16.7 Å². The van der Waals surface area contributed by atoms with Crippen molar-refractivity contribution in [3.05, 3.63) is 54.7 Å². The van der Waals surface area contributed by atoms with E-state index in [9.17, 15) is 4.39 Å². The van der Waals surface area contributed by atoms with E-state index in [1.165, 1.54) is 12.1 Å². The normalized spacial score (nSPS) is 10.9. The first kappa shape index (κ1) is 16.5. The standard InChI is InChI=1S/C13H5Cl6F/c14-4-5-1-6(3-7(20)2-5)8-9(15)11(17)13(19)12(18)10(8)16/h1-3H,4H2. The van der Waals surface area contributed by atoms with Crippen molar-refractivity contribution in [1.82, 2.24) is 0 Å². The molecule has 0 atom stereocenters. The Labute approximate surface area is 145 Å². The summed E-state index contributed by atoms with van der Waals surface area (Å²) in [5.41, 5.74) is 1.32. The van der Waals surface area contributed by atoms with E-state index in [1.54, 1.807) is 6.07 Å². The van der Waals surface area contributed by atoms with Gasteiger partial charge < -0.3 is 0 Å². The van der Waals surface area contributed by atoms with Gasteiger partial charge >= 0.3 is 0 Å². The molecule has 0 N–H and O–H groups in total. The molecule has 0 aliphatic carbocycles. The maximum atomic E-state index is 13.6. The zero-order chi connectivity index (χ0) is 15.0. The lowest BCUT2D eigenvalue weighted by Gasteiger charge is -2.13. The molecule has 2 aromatic carbocycles. The Bertz CT molecular complexity index is 654. The Hall–Kier alpha value is 0.110. The van der Waals surface area contributed by atoms with Gasteiger partial charge in [0.25, 0.3) is 0 Å². The van der Waals surface area contributed by atoms with Crippen LogP contribution in [0.15, 0.2) is 18.2 Å². The second kappa shape index (κ2) is 6.48. The van der Waals surface area contributed by atoms with Crippen molar-refractivity contribution in [2.75, 3.05) is 0 Å². The molecule has 0 heterocycles. The third-order valence-corrected chi connectivity index (χ3v) is 5.20. The van der Waals surface area contributed by atoms with Crippen LogP contribution in [0.4, 0.5) is 4.39 Å². The van der Waals surface area contributed by atoms with Gasteiger partial charge in [-0.2, -0.15) is 0 Å². The van der Waals surface area contributed by atoms with Crippen LogP contribution in [-0.4, -0.2) is 0 Å². The second-order valence-electron chi connectivity index (χ2n) is 3.93. The summed E-state index contributed by atoms with van der Waals surface area (Å²) < 4.78 is 13.6. The molecule has 0 aromatic heterocycles. The minimum Gasteiger partial charge on any atom is -0.207 e. The smallest absolute Gasteiger partial charge is 0.124 e. The Balaban J connectivity index is 2.79. The van der Waals surface area contributed by atoms with Crippen molar-refractivity contribution in [1.29, 1.82) is 0 Å². The molecule has 7 heteroatoms. The Morgan fingerprint density at radius 1 is 0.750 bits per heavy atom. The SMILES string of the molecule is Fc1cc(CCl)cc(-c2c(Cl)c(Cl)c(Cl)c(Cl)c2Cl)c1. The summed E-state index contributed by atoms with van der Waals surface area (Å²) in [6.07, 6.45) is 0. The van der Waals surface area contributed by atoms with Crippen LogP contribution < -0.4 is 0 Å². The summed E-state index contributed by atoms with van der Waals surface area (Å²) in [6.45, 7) is 0. The van der Waals surface area contributed by atoms with E-state index in [0.717, 1.165) is 0 Å². The second-order valence-corrected chi connectivity index (χ2v) is 6.08. The van der Waals surface area contributed by atoms with Gasteiger partial charge in [-0.05, 0) is 29.3 Å². The molecule has 0 saturated carbocycles. The molecule has 106 valence electrons. The van der Waals surface area contributed by atoms with Crippen LogP contribution >= 0.6 is 69.6 Å². The zero-order valence-corrected chi connectivity index (χ0v) is 14.1. The van der Waals surface area contributed by atoms with Gasteiger partial charge in [-0.25, -0.2) is 4.39 Å². The number of benzene rings is 2. The van der Waals surface area contributed by atoms with Crippen LogP contribution in [0.2, 0.25) is 25.1 Å². The Kier molecular flexibility index (Phi) is 5.34. The molecule has 2 aromatic rings. The fraction of sp³-hybridized carbons (Fsp3) is 0.0769. The Morgan fingerprint density at radius 2 is 1.25 bits per heavy atom. The minimum atomic E-state index is -0.465. The van der Waals surface area contributed by atoms with E-state index in [4.69, 9.17) is 69.6 Å². The van der Waals surface area contributed by atoms with E-state index in [1.807, 2.05) is 0 Å². The molecular weight excluding hydrogens is 388 g/mol. The number of halogens is 7. The molecule has 0 radical (unpaired) electrons. The highest BCUT2D eigenvalue weighted by Crippen LogP contribution is 2.48. The molecule has 0 fully saturated rings.